The Morgan fingerprint density at radius 3 is 2.03 bits per heavy atom. The minimum atomic E-state index is -3.90. The number of primary sulfonamides is 1. The lowest BCUT2D eigenvalue weighted by Gasteiger charge is -2.10. The molecule has 0 unspecified atom stereocenters. The number of anilines is 2. The van der Waals surface area contributed by atoms with Gasteiger partial charge in [0.1, 0.15) is 0 Å². The molecule has 0 spiro atoms. The third-order valence-electron chi connectivity index (χ3n) is 4.15. The topological polar surface area (TPSA) is 135 Å². The SMILES string of the molecule is Cc1ccc(NS(=O)(=O)c2ccc(C(=O)Nc3cccc(S(N)(=O)=O)c3)cc2)cc1. The van der Waals surface area contributed by atoms with Crippen molar-refractivity contribution in [2.24, 2.45) is 5.14 Å². The van der Waals surface area contributed by atoms with Crippen molar-refractivity contribution in [3.63, 3.8) is 0 Å². The summed E-state index contributed by atoms with van der Waals surface area (Å²) in [7, 11) is -7.71. The predicted molar refractivity (Wildman–Crippen MR) is 114 cm³/mol. The van der Waals surface area contributed by atoms with Gasteiger partial charge < -0.3 is 5.32 Å². The van der Waals surface area contributed by atoms with Crippen LogP contribution < -0.4 is 15.2 Å². The van der Waals surface area contributed by atoms with Gasteiger partial charge in [0, 0.05) is 16.9 Å². The first-order valence-electron chi connectivity index (χ1n) is 8.68. The first-order valence-corrected chi connectivity index (χ1v) is 11.7. The number of nitrogens with one attached hydrogen (secondary N) is 2. The van der Waals surface area contributed by atoms with Crippen molar-refractivity contribution in [1.29, 1.82) is 0 Å². The highest BCUT2D eigenvalue weighted by Gasteiger charge is 2.16. The highest BCUT2D eigenvalue weighted by atomic mass is 32.2. The number of aryl methyl sites for hydroxylation is 1. The van der Waals surface area contributed by atoms with Gasteiger partial charge in [-0.1, -0.05) is 23.8 Å². The first-order chi connectivity index (χ1) is 14.0. The summed E-state index contributed by atoms with van der Waals surface area (Å²) in [6, 6.07) is 17.7. The second-order valence-electron chi connectivity index (χ2n) is 6.52. The minimum Gasteiger partial charge on any atom is -0.322 e. The van der Waals surface area contributed by atoms with E-state index < -0.39 is 26.0 Å². The van der Waals surface area contributed by atoms with Gasteiger partial charge in [0.05, 0.1) is 9.79 Å². The molecule has 30 heavy (non-hydrogen) atoms. The van der Waals surface area contributed by atoms with Crippen LogP contribution in [0.2, 0.25) is 0 Å². The molecule has 0 bridgehead atoms. The predicted octanol–water partition coefficient (Wildman–Crippen LogP) is 2.70. The maximum absolute atomic E-state index is 12.5. The van der Waals surface area contributed by atoms with Crippen molar-refractivity contribution in [3.8, 4) is 0 Å². The van der Waals surface area contributed by atoms with Crippen LogP contribution in [-0.4, -0.2) is 22.7 Å². The lowest BCUT2D eigenvalue weighted by molar-refractivity contribution is 0.102. The zero-order chi connectivity index (χ0) is 21.9. The Morgan fingerprint density at radius 2 is 1.43 bits per heavy atom. The van der Waals surface area contributed by atoms with Crippen molar-refractivity contribution in [2.75, 3.05) is 10.0 Å². The summed E-state index contributed by atoms with van der Waals surface area (Å²) in [6.45, 7) is 1.90. The number of rotatable bonds is 6. The molecule has 0 radical (unpaired) electrons. The van der Waals surface area contributed by atoms with E-state index in [0.29, 0.717) is 5.69 Å². The number of benzene rings is 3. The van der Waals surface area contributed by atoms with Crippen molar-refractivity contribution < 1.29 is 21.6 Å². The van der Waals surface area contributed by atoms with E-state index in [0.717, 1.165) is 5.56 Å². The van der Waals surface area contributed by atoms with E-state index >= 15 is 0 Å². The van der Waals surface area contributed by atoms with Crippen LogP contribution >= 0.6 is 0 Å². The van der Waals surface area contributed by atoms with Crippen LogP contribution in [0.25, 0.3) is 0 Å². The number of hydrogen-bond donors (Lipinski definition) is 3. The number of nitrogens with two attached hydrogens (primary N) is 1. The molecule has 1 amide bonds. The molecule has 0 aliphatic carbocycles. The third kappa shape index (κ3) is 5.23. The fourth-order valence-electron chi connectivity index (χ4n) is 2.58. The van der Waals surface area contributed by atoms with Gasteiger partial charge in [-0.15, -0.1) is 0 Å². The average Bonchev–Trinajstić information content (AvgIpc) is 2.69. The quantitative estimate of drug-likeness (QED) is 0.536. The van der Waals surface area contributed by atoms with E-state index in [1.54, 1.807) is 24.3 Å². The molecule has 0 aliphatic rings. The highest BCUT2D eigenvalue weighted by molar-refractivity contribution is 7.92. The average molecular weight is 446 g/mol. The fourth-order valence-corrected chi connectivity index (χ4v) is 4.19. The molecule has 0 fully saturated rings. The van der Waals surface area contributed by atoms with Crippen LogP contribution in [-0.2, 0) is 20.0 Å². The molecule has 3 aromatic rings. The van der Waals surface area contributed by atoms with Crippen molar-refractivity contribution in [3.05, 3.63) is 83.9 Å². The standard InChI is InChI=1S/C20H19N3O5S2/c1-14-5-9-16(10-6-14)23-30(27,28)18-11-7-15(8-12-18)20(24)22-17-3-2-4-19(13-17)29(21,25)26/h2-13,23H,1H3,(H,22,24)(H2,21,25,26). The lowest BCUT2D eigenvalue weighted by atomic mass is 10.2. The molecular weight excluding hydrogens is 426 g/mol. The van der Waals surface area contributed by atoms with Crippen LogP contribution in [0.3, 0.4) is 0 Å². The van der Waals surface area contributed by atoms with Crippen molar-refractivity contribution >= 4 is 37.3 Å². The summed E-state index contributed by atoms with van der Waals surface area (Å²) in [5, 5.41) is 7.63. The Bertz CT molecular complexity index is 1290. The van der Waals surface area contributed by atoms with Gasteiger partial charge in [-0.25, -0.2) is 22.0 Å². The van der Waals surface area contributed by atoms with Gasteiger partial charge >= 0.3 is 0 Å². The fraction of sp³-hybridized carbons (Fsp3) is 0.0500. The number of hydrogen-bond acceptors (Lipinski definition) is 5. The maximum Gasteiger partial charge on any atom is 0.261 e. The Balaban J connectivity index is 1.75. The monoisotopic (exact) mass is 445 g/mol. The van der Waals surface area contributed by atoms with Crippen LogP contribution in [0.15, 0.2) is 82.6 Å². The first kappa shape index (κ1) is 21.5. The van der Waals surface area contributed by atoms with Gasteiger partial charge in [-0.3, -0.25) is 9.52 Å². The maximum atomic E-state index is 12.5. The summed E-state index contributed by atoms with van der Waals surface area (Å²) in [5.41, 5.74) is 1.87. The molecule has 0 heterocycles. The molecule has 4 N–H and O–H groups in total. The van der Waals surface area contributed by atoms with Crippen LogP contribution in [0.5, 0.6) is 0 Å². The van der Waals surface area contributed by atoms with Crippen molar-refractivity contribution in [2.45, 2.75) is 16.7 Å². The van der Waals surface area contributed by atoms with Gasteiger partial charge in [0.15, 0.2) is 0 Å². The van der Waals surface area contributed by atoms with Gasteiger partial charge in [0.25, 0.3) is 15.9 Å². The smallest absolute Gasteiger partial charge is 0.261 e. The normalized spacial score (nSPS) is 11.7. The molecule has 10 heteroatoms. The number of amides is 1. The molecule has 3 aromatic carbocycles. The van der Waals surface area contributed by atoms with Crippen LogP contribution in [0.4, 0.5) is 11.4 Å². The number of sulfonamides is 2. The molecule has 0 saturated carbocycles. The van der Waals surface area contributed by atoms with E-state index in [1.807, 2.05) is 6.92 Å². The van der Waals surface area contributed by atoms with Crippen molar-refractivity contribution in [1.82, 2.24) is 0 Å². The third-order valence-corrected chi connectivity index (χ3v) is 6.46. The van der Waals surface area contributed by atoms with E-state index in [9.17, 15) is 21.6 Å². The van der Waals surface area contributed by atoms with Gasteiger partial charge in [0.2, 0.25) is 10.0 Å². The van der Waals surface area contributed by atoms with Gasteiger partial charge in [-0.2, -0.15) is 0 Å². The van der Waals surface area contributed by atoms with E-state index in [2.05, 4.69) is 10.0 Å². The van der Waals surface area contributed by atoms with Crippen LogP contribution in [0.1, 0.15) is 15.9 Å². The summed E-state index contributed by atoms with van der Waals surface area (Å²) < 4.78 is 50.3. The molecular formula is C20H19N3O5S2. The van der Waals surface area contributed by atoms with E-state index in [-0.39, 0.29) is 21.0 Å². The summed E-state index contributed by atoms with van der Waals surface area (Å²) >= 11 is 0. The molecule has 0 aliphatic heterocycles. The summed E-state index contributed by atoms with van der Waals surface area (Å²) in [6.07, 6.45) is 0. The Kier molecular flexibility index (Phi) is 5.92. The second kappa shape index (κ2) is 8.27. The molecule has 156 valence electrons. The van der Waals surface area contributed by atoms with Gasteiger partial charge in [-0.05, 0) is 61.5 Å². The number of carbonyl (C=O) groups is 1. The Hall–Kier alpha value is -3.21. The lowest BCUT2D eigenvalue weighted by Crippen LogP contribution is -2.16. The molecule has 0 atom stereocenters. The molecule has 3 rings (SSSR count). The largest absolute Gasteiger partial charge is 0.322 e. The molecule has 0 aromatic heterocycles. The highest BCUT2D eigenvalue weighted by Crippen LogP contribution is 2.19. The van der Waals surface area contributed by atoms with E-state index in [4.69, 9.17) is 5.14 Å². The Morgan fingerprint density at radius 1 is 0.800 bits per heavy atom. The van der Waals surface area contributed by atoms with E-state index in [1.165, 1.54) is 48.5 Å². The summed E-state index contributed by atoms with van der Waals surface area (Å²) in [4.78, 5) is 12.3. The zero-order valence-corrected chi connectivity index (χ0v) is 17.5. The molecule has 8 nitrogen and oxygen atoms in total. The Labute approximate surface area is 174 Å². The van der Waals surface area contributed by atoms with Crippen LogP contribution in [0, 0.1) is 6.92 Å². The summed E-state index contributed by atoms with van der Waals surface area (Å²) in [5.74, 6) is -0.531. The number of carbonyl (C=O) groups excluding carboxylic acids is 1. The minimum absolute atomic E-state index is 0.00384. The second-order valence-corrected chi connectivity index (χ2v) is 9.77. The zero-order valence-electron chi connectivity index (χ0n) is 15.9. The molecule has 0 saturated heterocycles.